The van der Waals surface area contributed by atoms with Crippen LogP contribution in [0.15, 0.2) is 53.5 Å². The van der Waals surface area contributed by atoms with Crippen molar-refractivity contribution in [3.63, 3.8) is 0 Å². The number of urea groups is 1. The molecular formula is C18H23N3O3. The van der Waals surface area contributed by atoms with E-state index in [-0.39, 0.29) is 17.9 Å². The predicted molar refractivity (Wildman–Crippen MR) is 94.2 cm³/mol. The number of carbonyl (C=O) groups excluding carboxylic acids is 1. The van der Waals surface area contributed by atoms with Crippen molar-refractivity contribution in [1.82, 2.24) is 9.88 Å². The highest BCUT2D eigenvalue weighted by atomic mass is 16.3. The highest BCUT2D eigenvalue weighted by Crippen LogP contribution is 2.08. The second-order valence-electron chi connectivity index (χ2n) is 6.28. The fourth-order valence-corrected chi connectivity index (χ4v) is 2.34. The lowest BCUT2D eigenvalue weighted by atomic mass is 10.0. The standard InChI is InChI=1S/C18H23N3O3/c1-18(2,10-12-22)20-17(24)19-15-9-6-11-21(16(15)23)13-14-7-4-3-5-8-14/h3-9,11,22H,10,12-13H2,1-2H3,(H2,19,20,24). The molecule has 1 aromatic heterocycles. The molecule has 1 heterocycles. The van der Waals surface area contributed by atoms with Crippen molar-refractivity contribution in [2.45, 2.75) is 32.4 Å². The zero-order chi connectivity index (χ0) is 17.6. The maximum atomic E-state index is 12.5. The zero-order valence-corrected chi connectivity index (χ0v) is 14.0. The number of rotatable bonds is 6. The van der Waals surface area contributed by atoms with Gasteiger partial charge in [-0.2, -0.15) is 0 Å². The van der Waals surface area contributed by atoms with Crippen LogP contribution in [0.5, 0.6) is 0 Å². The summed E-state index contributed by atoms with van der Waals surface area (Å²) in [6, 6.07) is 12.5. The van der Waals surface area contributed by atoms with E-state index in [1.807, 2.05) is 44.2 Å². The number of aromatic nitrogens is 1. The van der Waals surface area contributed by atoms with Crippen molar-refractivity contribution < 1.29 is 9.90 Å². The largest absolute Gasteiger partial charge is 0.396 e. The Kier molecular flexibility index (Phi) is 5.76. The minimum Gasteiger partial charge on any atom is -0.396 e. The summed E-state index contributed by atoms with van der Waals surface area (Å²) < 4.78 is 1.55. The molecule has 3 N–H and O–H groups in total. The number of benzene rings is 1. The summed E-state index contributed by atoms with van der Waals surface area (Å²) in [6.07, 6.45) is 2.11. The molecule has 2 amide bonds. The topological polar surface area (TPSA) is 83.4 Å². The van der Waals surface area contributed by atoms with E-state index in [2.05, 4.69) is 10.6 Å². The summed E-state index contributed by atoms with van der Waals surface area (Å²) in [4.78, 5) is 24.6. The van der Waals surface area contributed by atoms with Crippen LogP contribution in [-0.2, 0) is 6.54 Å². The fraction of sp³-hybridized carbons (Fsp3) is 0.333. The van der Waals surface area contributed by atoms with E-state index >= 15 is 0 Å². The molecule has 0 aliphatic heterocycles. The summed E-state index contributed by atoms with van der Waals surface area (Å²) in [5.41, 5.74) is 0.393. The summed E-state index contributed by atoms with van der Waals surface area (Å²) in [7, 11) is 0. The van der Waals surface area contributed by atoms with Gasteiger partial charge in [-0.25, -0.2) is 4.79 Å². The normalized spacial score (nSPS) is 11.1. The zero-order valence-electron chi connectivity index (χ0n) is 14.0. The van der Waals surface area contributed by atoms with Gasteiger partial charge < -0.3 is 20.3 Å². The van der Waals surface area contributed by atoms with E-state index < -0.39 is 11.6 Å². The Bertz CT molecular complexity index is 739. The Hall–Kier alpha value is -2.60. The molecule has 0 radical (unpaired) electrons. The molecule has 0 saturated carbocycles. The van der Waals surface area contributed by atoms with Crippen LogP contribution in [0.1, 0.15) is 25.8 Å². The second-order valence-corrected chi connectivity index (χ2v) is 6.28. The molecule has 0 fully saturated rings. The van der Waals surface area contributed by atoms with Gasteiger partial charge >= 0.3 is 6.03 Å². The lowest BCUT2D eigenvalue weighted by molar-refractivity contribution is 0.218. The molecule has 0 spiro atoms. The molecule has 1 aromatic carbocycles. The average Bonchev–Trinajstić information content (AvgIpc) is 2.51. The lowest BCUT2D eigenvalue weighted by Crippen LogP contribution is -2.46. The number of aliphatic hydroxyl groups excluding tert-OH is 1. The number of amides is 2. The van der Waals surface area contributed by atoms with Crippen LogP contribution >= 0.6 is 0 Å². The lowest BCUT2D eigenvalue weighted by Gasteiger charge is -2.25. The maximum absolute atomic E-state index is 12.5. The quantitative estimate of drug-likeness (QED) is 0.759. The van der Waals surface area contributed by atoms with E-state index in [9.17, 15) is 9.59 Å². The van der Waals surface area contributed by atoms with Crippen LogP contribution in [0.25, 0.3) is 0 Å². The van der Waals surface area contributed by atoms with E-state index in [1.165, 1.54) is 0 Å². The summed E-state index contributed by atoms with van der Waals surface area (Å²) >= 11 is 0. The van der Waals surface area contributed by atoms with Gasteiger partial charge in [0.25, 0.3) is 5.56 Å². The third-order valence-corrected chi connectivity index (χ3v) is 3.65. The van der Waals surface area contributed by atoms with Crippen LogP contribution in [-0.4, -0.2) is 27.9 Å². The number of pyridine rings is 1. The van der Waals surface area contributed by atoms with E-state index in [0.29, 0.717) is 13.0 Å². The molecule has 6 nitrogen and oxygen atoms in total. The molecule has 2 rings (SSSR count). The molecule has 6 heteroatoms. The van der Waals surface area contributed by atoms with E-state index in [0.717, 1.165) is 5.56 Å². The Morgan fingerprint density at radius 2 is 1.88 bits per heavy atom. The summed E-state index contributed by atoms with van der Waals surface area (Å²) in [5.74, 6) is 0. The third-order valence-electron chi connectivity index (χ3n) is 3.65. The second kappa shape index (κ2) is 7.79. The molecule has 2 aromatic rings. The predicted octanol–water partition coefficient (Wildman–Crippen LogP) is 2.18. The van der Waals surface area contributed by atoms with Gasteiger partial charge in [0, 0.05) is 18.3 Å². The minimum absolute atomic E-state index is 0.0253. The van der Waals surface area contributed by atoms with Crippen molar-refractivity contribution >= 4 is 11.7 Å². The fourth-order valence-electron chi connectivity index (χ4n) is 2.34. The SMILES string of the molecule is CC(C)(CCO)NC(=O)Nc1cccn(Cc2ccccc2)c1=O. The third kappa shape index (κ3) is 4.96. The highest BCUT2D eigenvalue weighted by Gasteiger charge is 2.20. The van der Waals surface area contributed by atoms with Crippen molar-refractivity contribution in [1.29, 1.82) is 0 Å². The van der Waals surface area contributed by atoms with Gasteiger partial charge in [0.1, 0.15) is 5.69 Å². The molecular weight excluding hydrogens is 306 g/mol. The van der Waals surface area contributed by atoms with Crippen LogP contribution in [0.2, 0.25) is 0 Å². The Morgan fingerprint density at radius 3 is 2.54 bits per heavy atom. The van der Waals surface area contributed by atoms with Crippen LogP contribution in [0.4, 0.5) is 10.5 Å². The van der Waals surface area contributed by atoms with Gasteiger partial charge in [0.05, 0.1) is 6.54 Å². The molecule has 0 aliphatic carbocycles. The number of nitrogens with one attached hydrogen (secondary N) is 2. The average molecular weight is 329 g/mol. The molecule has 0 atom stereocenters. The number of hydrogen-bond acceptors (Lipinski definition) is 3. The number of anilines is 1. The summed E-state index contributed by atoms with van der Waals surface area (Å²) in [5, 5.41) is 14.3. The van der Waals surface area contributed by atoms with Crippen molar-refractivity contribution in [3.05, 3.63) is 64.6 Å². The number of carbonyl (C=O) groups is 1. The monoisotopic (exact) mass is 329 g/mol. The van der Waals surface area contributed by atoms with Gasteiger partial charge in [0.15, 0.2) is 0 Å². The first kappa shape index (κ1) is 17.7. The van der Waals surface area contributed by atoms with Gasteiger partial charge in [-0.05, 0) is 38.0 Å². The molecule has 24 heavy (non-hydrogen) atoms. The van der Waals surface area contributed by atoms with Crippen molar-refractivity contribution in [2.24, 2.45) is 0 Å². The van der Waals surface area contributed by atoms with Gasteiger partial charge in [-0.1, -0.05) is 30.3 Å². The minimum atomic E-state index is -0.559. The number of nitrogens with zero attached hydrogens (tertiary/aromatic N) is 1. The molecule has 0 bridgehead atoms. The first-order chi connectivity index (χ1) is 11.4. The first-order valence-corrected chi connectivity index (χ1v) is 7.85. The highest BCUT2D eigenvalue weighted by molar-refractivity contribution is 5.89. The van der Waals surface area contributed by atoms with Crippen LogP contribution in [0, 0.1) is 0 Å². The number of hydrogen-bond donors (Lipinski definition) is 3. The van der Waals surface area contributed by atoms with E-state index in [4.69, 9.17) is 5.11 Å². The van der Waals surface area contributed by atoms with Crippen LogP contribution < -0.4 is 16.2 Å². The summed E-state index contributed by atoms with van der Waals surface area (Å²) in [6.45, 7) is 4.03. The van der Waals surface area contributed by atoms with E-state index in [1.54, 1.807) is 22.9 Å². The molecule has 0 saturated heterocycles. The first-order valence-electron chi connectivity index (χ1n) is 7.85. The van der Waals surface area contributed by atoms with Crippen molar-refractivity contribution in [2.75, 3.05) is 11.9 Å². The maximum Gasteiger partial charge on any atom is 0.319 e. The Labute approximate surface area is 141 Å². The van der Waals surface area contributed by atoms with Crippen LogP contribution in [0.3, 0.4) is 0 Å². The number of aliphatic hydroxyl groups is 1. The van der Waals surface area contributed by atoms with Gasteiger partial charge in [-0.15, -0.1) is 0 Å². The van der Waals surface area contributed by atoms with Gasteiger partial charge in [-0.3, -0.25) is 4.79 Å². The smallest absolute Gasteiger partial charge is 0.319 e. The van der Waals surface area contributed by atoms with Gasteiger partial charge in [0.2, 0.25) is 0 Å². The molecule has 0 aliphatic rings. The van der Waals surface area contributed by atoms with Crippen molar-refractivity contribution in [3.8, 4) is 0 Å². The molecule has 0 unspecified atom stereocenters. The molecule has 128 valence electrons. The Balaban J connectivity index is 2.10. The Morgan fingerprint density at radius 1 is 1.17 bits per heavy atom.